The molecule has 0 saturated carbocycles. The number of nitrogens with zero attached hydrogens (tertiary/aromatic N) is 3. The number of aromatic nitrogens is 2. The molecule has 0 spiro atoms. The minimum absolute atomic E-state index is 0.102. The Morgan fingerprint density at radius 1 is 1.33 bits per heavy atom. The summed E-state index contributed by atoms with van der Waals surface area (Å²) < 4.78 is 0. The zero-order chi connectivity index (χ0) is 16.8. The van der Waals surface area contributed by atoms with E-state index in [1.807, 2.05) is 6.92 Å². The third kappa shape index (κ3) is 4.85. The number of carbonyl (C=O) groups is 1. The maximum atomic E-state index is 12.2. The van der Waals surface area contributed by atoms with Gasteiger partial charge >= 0.3 is 0 Å². The lowest BCUT2D eigenvalue weighted by molar-refractivity contribution is -0.122. The highest BCUT2D eigenvalue weighted by Gasteiger charge is 2.22. The first-order valence-corrected chi connectivity index (χ1v) is 9.35. The number of piperidine rings is 1. The third-order valence-electron chi connectivity index (χ3n) is 4.37. The number of hydrogen-bond acceptors (Lipinski definition) is 5. The van der Waals surface area contributed by atoms with Crippen molar-refractivity contribution < 1.29 is 4.79 Å². The lowest BCUT2D eigenvalue weighted by Crippen LogP contribution is -2.42. The third-order valence-corrected chi connectivity index (χ3v) is 5.27. The molecular weight excluding hydrogens is 320 g/mol. The summed E-state index contributed by atoms with van der Waals surface area (Å²) in [4.78, 5) is 14.4. The molecule has 1 aromatic carbocycles. The molecule has 0 radical (unpaired) electrons. The van der Waals surface area contributed by atoms with Gasteiger partial charge in [-0.05, 0) is 37.8 Å². The van der Waals surface area contributed by atoms with Gasteiger partial charge in [-0.25, -0.2) is 0 Å². The summed E-state index contributed by atoms with van der Waals surface area (Å²) in [5, 5.41) is 13.0. The largest absolute Gasteiger partial charge is 0.355 e. The predicted molar refractivity (Wildman–Crippen MR) is 96.2 cm³/mol. The van der Waals surface area contributed by atoms with Gasteiger partial charge in [0.15, 0.2) is 0 Å². The summed E-state index contributed by atoms with van der Waals surface area (Å²) in [6, 6.07) is 10.6. The number of nitrogens with one attached hydrogen (secondary N) is 1. The number of rotatable bonds is 6. The van der Waals surface area contributed by atoms with Gasteiger partial charge in [-0.15, -0.1) is 21.5 Å². The van der Waals surface area contributed by atoms with Crippen LogP contribution in [0.4, 0.5) is 0 Å². The Hall–Kier alpha value is -1.79. The van der Waals surface area contributed by atoms with Gasteiger partial charge in [0, 0.05) is 19.5 Å². The van der Waals surface area contributed by atoms with Crippen molar-refractivity contribution in [3.8, 4) is 0 Å². The van der Waals surface area contributed by atoms with Gasteiger partial charge in [0.05, 0.1) is 6.54 Å². The molecule has 1 atom stereocenters. The van der Waals surface area contributed by atoms with Crippen molar-refractivity contribution in [3.63, 3.8) is 0 Å². The second-order valence-electron chi connectivity index (χ2n) is 6.30. The molecule has 6 heteroatoms. The van der Waals surface area contributed by atoms with Crippen molar-refractivity contribution in [1.29, 1.82) is 0 Å². The fourth-order valence-electron chi connectivity index (χ4n) is 3.20. The van der Waals surface area contributed by atoms with Gasteiger partial charge in [0.2, 0.25) is 5.91 Å². The van der Waals surface area contributed by atoms with Crippen molar-refractivity contribution in [2.24, 2.45) is 0 Å². The highest BCUT2D eigenvalue weighted by atomic mass is 32.1. The maximum Gasteiger partial charge on any atom is 0.234 e. The van der Waals surface area contributed by atoms with Crippen LogP contribution in [0.3, 0.4) is 0 Å². The van der Waals surface area contributed by atoms with E-state index in [9.17, 15) is 4.79 Å². The smallest absolute Gasteiger partial charge is 0.234 e. The first-order chi connectivity index (χ1) is 11.7. The van der Waals surface area contributed by atoms with E-state index in [1.54, 1.807) is 11.3 Å². The second-order valence-corrected chi connectivity index (χ2v) is 7.57. The van der Waals surface area contributed by atoms with Crippen LogP contribution in [0, 0.1) is 6.92 Å². The van der Waals surface area contributed by atoms with Crippen LogP contribution in [0.15, 0.2) is 30.3 Å². The highest BCUT2D eigenvalue weighted by Crippen LogP contribution is 2.26. The van der Waals surface area contributed by atoms with Crippen LogP contribution in [0.2, 0.25) is 0 Å². The van der Waals surface area contributed by atoms with Crippen molar-refractivity contribution in [2.45, 2.75) is 32.1 Å². The van der Waals surface area contributed by atoms with E-state index in [1.165, 1.54) is 12.0 Å². The summed E-state index contributed by atoms with van der Waals surface area (Å²) in [6.07, 6.45) is 3.11. The fraction of sp³-hybridized carbons (Fsp3) is 0.500. The van der Waals surface area contributed by atoms with Crippen LogP contribution in [-0.4, -0.2) is 47.2 Å². The molecule has 1 aromatic heterocycles. The predicted octanol–water partition coefficient (Wildman–Crippen LogP) is 2.38. The van der Waals surface area contributed by atoms with E-state index >= 15 is 0 Å². The Kier molecular flexibility index (Phi) is 5.93. The molecule has 1 unspecified atom stereocenters. The minimum Gasteiger partial charge on any atom is -0.355 e. The van der Waals surface area contributed by atoms with Crippen molar-refractivity contribution >= 4 is 17.2 Å². The Morgan fingerprint density at radius 3 is 2.92 bits per heavy atom. The van der Waals surface area contributed by atoms with Crippen LogP contribution in [0.1, 0.15) is 34.3 Å². The zero-order valence-electron chi connectivity index (χ0n) is 14.1. The molecule has 0 aliphatic carbocycles. The molecule has 1 N–H and O–H groups in total. The lowest BCUT2D eigenvalue weighted by atomic mass is 9.91. The molecule has 24 heavy (non-hydrogen) atoms. The molecule has 5 nitrogen and oxygen atoms in total. The Balaban J connectivity index is 1.42. The number of amides is 1. The molecule has 1 fully saturated rings. The molecule has 2 aromatic rings. The van der Waals surface area contributed by atoms with Gasteiger partial charge in [-0.1, -0.05) is 30.3 Å². The van der Waals surface area contributed by atoms with Gasteiger partial charge < -0.3 is 5.32 Å². The van der Waals surface area contributed by atoms with Gasteiger partial charge in [0.1, 0.15) is 10.0 Å². The summed E-state index contributed by atoms with van der Waals surface area (Å²) in [6.45, 7) is 5.03. The first kappa shape index (κ1) is 17.0. The second kappa shape index (κ2) is 8.35. The Morgan fingerprint density at radius 2 is 2.17 bits per heavy atom. The number of benzene rings is 1. The average molecular weight is 344 g/mol. The van der Waals surface area contributed by atoms with Crippen molar-refractivity contribution in [3.05, 3.63) is 45.9 Å². The molecule has 1 aliphatic rings. The average Bonchev–Trinajstić information content (AvgIpc) is 3.01. The normalized spacial score (nSPS) is 18.5. The number of likely N-dealkylation sites (tertiary alicyclic amines) is 1. The quantitative estimate of drug-likeness (QED) is 0.874. The van der Waals surface area contributed by atoms with E-state index in [2.05, 4.69) is 50.7 Å². The maximum absolute atomic E-state index is 12.2. The van der Waals surface area contributed by atoms with Crippen LogP contribution in [0.5, 0.6) is 0 Å². The Bertz CT molecular complexity index is 658. The van der Waals surface area contributed by atoms with Gasteiger partial charge in [-0.2, -0.15) is 0 Å². The number of aryl methyl sites for hydroxylation is 1. The van der Waals surface area contributed by atoms with Crippen LogP contribution in [0.25, 0.3) is 0 Å². The molecule has 3 rings (SSSR count). The van der Waals surface area contributed by atoms with E-state index in [0.717, 1.165) is 35.9 Å². The van der Waals surface area contributed by atoms with E-state index in [-0.39, 0.29) is 5.91 Å². The van der Waals surface area contributed by atoms with Crippen LogP contribution in [-0.2, 0) is 11.2 Å². The first-order valence-electron chi connectivity index (χ1n) is 8.53. The monoisotopic (exact) mass is 344 g/mol. The van der Waals surface area contributed by atoms with E-state index < -0.39 is 0 Å². The molecular formula is C18H24N4OS. The number of hydrogen-bond donors (Lipinski definition) is 1. The van der Waals surface area contributed by atoms with Crippen molar-refractivity contribution in [2.75, 3.05) is 26.2 Å². The summed E-state index contributed by atoms with van der Waals surface area (Å²) in [5.41, 5.74) is 1.38. The van der Waals surface area contributed by atoms with Gasteiger partial charge in [-0.3, -0.25) is 9.69 Å². The van der Waals surface area contributed by atoms with Gasteiger partial charge in [0.25, 0.3) is 0 Å². The van der Waals surface area contributed by atoms with Crippen LogP contribution < -0.4 is 5.32 Å². The Labute approximate surface area is 147 Å². The molecule has 2 heterocycles. The molecule has 1 saturated heterocycles. The standard InChI is InChI=1S/C18H24N4OS/c1-14-20-21-18(24-14)9-10-19-17(23)13-22-11-5-8-16(12-22)15-6-3-2-4-7-15/h2-4,6-7,16H,5,8-13H2,1H3,(H,19,23). The summed E-state index contributed by atoms with van der Waals surface area (Å²) >= 11 is 1.59. The van der Waals surface area contributed by atoms with Crippen molar-refractivity contribution in [1.82, 2.24) is 20.4 Å². The molecule has 1 amide bonds. The SMILES string of the molecule is Cc1nnc(CCNC(=O)CN2CCCC(c3ccccc3)C2)s1. The van der Waals surface area contributed by atoms with Crippen LogP contribution >= 0.6 is 11.3 Å². The molecule has 1 aliphatic heterocycles. The van der Waals surface area contributed by atoms with E-state index in [4.69, 9.17) is 0 Å². The van der Waals surface area contributed by atoms with E-state index in [0.29, 0.717) is 19.0 Å². The fourth-order valence-corrected chi connectivity index (χ4v) is 3.91. The highest BCUT2D eigenvalue weighted by molar-refractivity contribution is 7.11. The lowest BCUT2D eigenvalue weighted by Gasteiger charge is -2.32. The minimum atomic E-state index is 0.102. The molecule has 128 valence electrons. The number of carbonyl (C=O) groups excluding carboxylic acids is 1. The summed E-state index contributed by atoms with van der Waals surface area (Å²) in [7, 11) is 0. The zero-order valence-corrected chi connectivity index (χ0v) is 14.9. The molecule has 0 bridgehead atoms. The topological polar surface area (TPSA) is 58.1 Å². The summed E-state index contributed by atoms with van der Waals surface area (Å²) in [5.74, 6) is 0.641.